The fourth-order valence-electron chi connectivity index (χ4n) is 4.56. The van der Waals surface area contributed by atoms with Crippen molar-refractivity contribution in [2.75, 3.05) is 32.5 Å². The maximum atomic E-state index is 12.9. The Morgan fingerprint density at radius 3 is 2.57 bits per heavy atom. The SMILES string of the molecule is Cc1ccc(S(=O)(=O)CCNC(=O)c2ccc3c(c2)Cc2cccc(c2)CN(C)CCCCCO3)cc1. The van der Waals surface area contributed by atoms with Crippen molar-refractivity contribution in [2.45, 2.75) is 44.0 Å². The van der Waals surface area contributed by atoms with E-state index >= 15 is 0 Å². The lowest BCUT2D eigenvalue weighted by atomic mass is 9.99. The number of fused-ring (bicyclic) bond motifs is 3. The molecule has 1 N–H and O–H groups in total. The van der Waals surface area contributed by atoms with Crippen LogP contribution in [0.3, 0.4) is 0 Å². The van der Waals surface area contributed by atoms with Crippen LogP contribution in [0.15, 0.2) is 71.6 Å². The van der Waals surface area contributed by atoms with Gasteiger partial charge in [0.05, 0.1) is 17.3 Å². The topological polar surface area (TPSA) is 75.7 Å². The molecule has 0 aromatic heterocycles. The van der Waals surface area contributed by atoms with Crippen LogP contribution in [0.4, 0.5) is 0 Å². The van der Waals surface area contributed by atoms with E-state index in [1.807, 2.05) is 19.1 Å². The Labute approximate surface area is 220 Å². The number of carbonyl (C=O) groups excluding carboxylic acids is 1. The highest BCUT2D eigenvalue weighted by Gasteiger charge is 2.16. The number of ether oxygens (including phenoxy) is 1. The molecule has 7 heteroatoms. The number of amides is 1. The van der Waals surface area contributed by atoms with Crippen molar-refractivity contribution in [3.63, 3.8) is 0 Å². The molecule has 0 unspecified atom stereocenters. The molecule has 1 aliphatic rings. The molecule has 1 aliphatic heterocycles. The van der Waals surface area contributed by atoms with E-state index in [-0.39, 0.29) is 23.1 Å². The van der Waals surface area contributed by atoms with E-state index in [1.165, 1.54) is 5.56 Å². The van der Waals surface area contributed by atoms with Crippen LogP contribution in [-0.4, -0.2) is 51.7 Å². The smallest absolute Gasteiger partial charge is 0.251 e. The van der Waals surface area contributed by atoms with E-state index in [2.05, 4.69) is 41.5 Å². The molecule has 0 atom stereocenters. The lowest BCUT2D eigenvalue weighted by molar-refractivity contribution is 0.0956. The summed E-state index contributed by atoms with van der Waals surface area (Å²) >= 11 is 0. The summed E-state index contributed by atoms with van der Waals surface area (Å²) in [5, 5.41) is 2.77. The molecule has 3 aromatic rings. The van der Waals surface area contributed by atoms with Gasteiger partial charge in [-0.3, -0.25) is 4.79 Å². The number of hydrogen-bond acceptors (Lipinski definition) is 5. The van der Waals surface area contributed by atoms with Gasteiger partial charge in [-0.1, -0.05) is 42.0 Å². The summed E-state index contributed by atoms with van der Waals surface area (Å²) in [4.78, 5) is 15.5. The van der Waals surface area contributed by atoms with Crippen LogP contribution >= 0.6 is 0 Å². The van der Waals surface area contributed by atoms with Gasteiger partial charge in [-0.15, -0.1) is 0 Å². The predicted molar refractivity (Wildman–Crippen MR) is 147 cm³/mol. The average Bonchev–Trinajstić information content (AvgIpc) is 2.86. The Morgan fingerprint density at radius 2 is 1.76 bits per heavy atom. The molecule has 4 rings (SSSR count). The van der Waals surface area contributed by atoms with Crippen LogP contribution in [0.5, 0.6) is 5.75 Å². The predicted octanol–water partition coefficient (Wildman–Crippen LogP) is 4.78. The van der Waals surface area contributed by atoms with Gasteiger partial charge in [0.25, 0.3) is 5.91 Å². The van der Waals surface area contributed by atoms with E-state index < -0.39 is 9.84 Å². The number of nitrogens with one attached hydrogen (secondary N) is 1. The molecule has 0 spiro atoms. The summed E-state index contributed by atoms with van der Waals surface area (Å²) in [6, 6.07) is 20.8. The summed E-state index contributed by atoms with van der Waals surface area (Å²) in [5.41, 5.74) is 4.87. The van der Waals surface area contributed by atoms with Crippen molar-refractivity contribution in [1.82, 2.24) is 10.2 Å². The summed E-state index contributed by atoms with van der Waals surface area (Å²) in [5.74, 6) is 0.339. The molecule has 0 saturated heterocycles. The zero-order valence-corrected chi connectivity index (χ0v) is 22.5. The second-order valence-corrected chi connectivity index (χ2v) is 12.0. The molecular weight excluding hydrogens is 484 g/mol. The first-order valence-electron chi connectivity index (χ1n) is 12.9. The van der Waals surface area contributed by atoms with Gasteiger partial charge >= 0.3 is 0 Å². The average molecular weight is 521 g/mol. The standard InChI is InChI=1S/C30H36N2O4S/c1-23-9-12-28(13-10-23)37(34,35)18-15-31-30(33)26-11-14-29-27(21-26)20-24-7-6-8-25(19-24)22-32(2)16-4-3-5-17-36-29/h6-14,19,21H,3-5,15-18,20,22H2,1-2H3,(H,31,33). The van der Waals surface area contributed by atoms with Crippen LogP contribution in [0.25, 0.3) is 0 Å². The Kier molecular flexibility index (Phi) is 9.00. The normalized spacial score (nSPS) is 15.2. The third-order valence-corrected chi connectivity index (χ3v) is 8.37. The highest BCUT2D eigenvalue weighted by molar-refractivity contribution is 7.91. The van der Waals surface area contributed by atoms with E-state index in [9.17, 15) is 13.2 Å². The Bertz CT molecular complexity index is 1320. The van der Waals surface area contributed by atoms with Crippen LogP contribution < -0.4 is 10.1 Å². The van der Waals surface area contributed by atoms with E-state index in [0.717, 1.165) is 54.8 Å². The van der Waals surface area contributed by atoms with Gasteiger partial charge in [-0.05, 0) is 86.8 Å². The molecule has 0 aliphatic carbocycles. The van der Waals surface area contributed by atoms with Gasteiger partial charge in [-0.2, -0.15) is 0 Å². The Hall–Kier alpha value is -3.16. The monoisotopic (exact) mass is 520 g/mol. The van der Waals surface area contributed by atoms with Gasteiger partial charge in [0.15, 0.2) is 9.84 Å². The van der Waals surface area contributed by atoms with Crippen molar-refractivity contribution in [2.24, 2.45) is 0 Å². The molecule has 1 heterocycles. The highest BCUT2D eigenvalue weighted by atomic mass is 32.2. The third-order valence-electron chi connectivity index (χ3n) is 6.64. The lowest BCUT2D eigenvalue weighted by Gasteiger charge is -2.19. The largest absolute Gasteiger partial charge is 0.493 e. The number of rotatable bonds is 5. The summed E-state index contributed by atoms with van der Waals surface area (Å²) in [7, 11) is -1.32. The van der Waals surface area contributed by atoms with Gasteiger partial charge in [0.1, 0.15) is 5.75 Å². The molecule has 0 saturated carbocycles. The first-order chi connectivity index (χ1) is 17.8. The minimum atomic E-state index is -3.47. The van der Waals surface area contributed by atoms with Crippen molar-refractivity contribution in [3.8, 4) is 5.75 Å². The quantitative estimate of drug-likeness (QED) is 0.524. The highest BCUT2D eigenvalue weighted by Crippen LogP contribution is 2.25. The second kappa shape index (κ2) is 12.4. The van der Waals surface area contributed by atoms with Crippen LogP contribution in [-0.2, 0) is 22.8 Å². The van der Waals surface area contributed by atoms with Gasteiger partial charge < -0.3 is 15.0 Å². The van der Waals surface area contributed by atoms with E-state index in [1.54, 1.807) is 30.3 Å². The van der Waals surface area contributed by atoms with Crippen LogP contribution in [0, 0.1) is 6.92 Å². The molecular formula is C30H36N2O4S. The van der Waals surface area contributed by atoms with Gasteiger partial charge in [-0.25, -0.2) is 8.42 Å². The molecule has 2 bridgehead atoms. The van der Waals surface area contributed by atoms with Crippen LogP contribution in [0.2, 0.25) is 0 Å². The Balaban J connectivity index is 1.47. The van der Waals surface area contributed by atoms with Crippen molar-refractivity contribution in [1.29, 1.82) is 0 Å². The zero-order valence-electron chi connectivity index (χ0n) is 21.7. The third kappa shape index (κ3) is 7.66. The zero-order chi connectivity index (χ0) is 26.3. The minimum Gasteiger partial charge on any atom is -0.493 e. The van der Waals surface area contributed by atoms with Gasteiger partial charge in [0, 0.05) is 25.1 Å². The summed E-state index contributed by atoms with van der Waals surface area (Å²) in [6.07, 6.45) is 3.86. The van der Waals surface area contributed by atoms with E-state index in [0.29, 0.717) is 18.6 Å². The maximum Gasteiger partial charge on any atom is 0.251 e. The molecule has 0 radical (unpaired) electrons. The molecule has 1 amide bonds. The number of benzene rings is 3. The number of carbonyl (C=O) groups is 1. The van der Waals surface area contributed by atoms with E-state index in [4.69, 9.17) is 4.74 Å². The first-order valence-corrected chi connectivity index (χ1v) is 14.5. The molecule has 3 aromatic carbocycles. The van der Waals surface area contributed by atoms with Crippen molar-refractivity contribution >= 4 is 15.7 Å². The fourth-order valence-corrected chi connectivity index (χ4v) is 5.71. The summed E-state index contributed by atoms with van der Waals surface area (Å²) in [6.45, 7) is 4.56. The maximum absolute atomic E-state index is 12.9. The van der Waals surface area contributed by atoms with Crippen LogP contribution in [0.1, 0.15) is 51.9 Å². The number of hydrogen-bond donors (Lipinski definition) is 1. The molecule has 196 valence electrons. The van der Waals surface area contributed by atoms with Crippen molar-refractivity contribution in [3.05, 3.63) is 94.5 Å². The molecule has 0 fully saturated rings. The lowest BCUT2D eigenvalue weighted by Crippen LogP contribution is -2.29. The number of nitrogens with zero attached hydrogens (tertiary/aromatic N) is 1. The number of aryl methyl sites for hydroxylation is 1. The number of sulfone groups is 1. The first kappa shape index (κ1) is 26.9. The molecule has 37 heavy (non-hydrogen) atoms. The summed E-state index contributed by atoms with van der Waals surface area (Å²) < 4.78 is 31.4. The fraction of sp³-hybridized carbons (Fsp3) is 0.367. The Morgan fingerprint density at radius 1 is 0.973 bits per heavy atom. The van der Waals surface area contributed by atoms with Gasteiger partial charge in [0.2, 0.25) is 0 Å². The second-order valence-electron chi connectivity index (χ2n) is 9.85. The van der Waals surface area contributed by atoms with Crippen molar-refractivity contribution < 1.29 is 17.9 Å². The minimum absolute atomic E-state index is 0.0399. The molecule has 6 nitrogen and oxygen atoms in total.